The Balaban J connectivity index is 1.74. The lowest BCUT2D eigenvalue weighted by atomic mass is 10.00. The van der Waals surface area contributed by atoms with Gasteiger partial charge in [0.1, 0.15) is 0 Å². The fourth-order valence-corrected chi connectivity index (χ4v) is 3.04. The van der Waals surface area contributed by atoms with E-state index < -0.39 is 10.0 Å². The molecule has 0 unspecified atom stereocenters. The summed E-state index contributed by atoms with van der Waals surface area (Å²) in [6.07, 6.45) is 1.96. The first-order chi connectivity index (χ1) is 9.11. The molecule has 5 heteroatoms. The second kappa shape index (κ2) is 6.50. The van der Waals surface area contributed by atoms with Gasteiger partial charge < -0.3 is 0 Å². The Hall–Kier alpha value is -0.910. The first-order valence-electron chi connectivity index (χ1n) is 6.87. The molecule has 19 heavy (non-hydrogen) atoms. The van der Waals surface area contributed by atoms with E-state index in [0.717, 1.165) is 32.5 Å². The van der Waals surface area contributed by atoms with Crippen molar-refractivity contribution in [1.82, 2.24) is 9.62 Å². The Morgan fingerprint density at radius 1 is 1.26 bits per heavy atom. The minimum absolute atomic E-state index is 0.157. The predicted octanol–water partition coefficient (Wildman–Crippen LogP) is 1.37. The lowest BCUT2D eigenvalue weighted by Crippen LogP contribution is -2.34. The van der Waals surface area contributed by atoms with Crippen LogP contribution in [0.4, 0.5) is 0 Å². The summed E-state index contributed by atoms with van der Waals surface area (Å²) >= 11 is 0. The predicted molar refractivity (Wildman–Crippen MR) is 77.5 cm³/mol. The summed E-state index contributed by atoms with van der Waals surface area (Å²) in [5.74, 6) is 0.157. The van der Waals surface area contributed by atoms with Gasteiger partial charge >= 0.3 is 0 Å². The van der Waals surface area contributed by atoms with Crippen LogP contribution in [0.15, 0.2) is 24.3 Å². The number of nitrogens with one attached hydrogen (secondary N) is 1. The highest BCUT2D eigenvalue weighted by molar-refractivity contribution is 7.89. The van der Waals surface area contributed by atoms with Crippen LogP contribution in [0.2, 0.25) is 0 Å². The third-order valence-electron chi connectivity index (χ3n) is 3.56. The summed E-state index contributed by atoms with van der Waals surface area (Å²) in [5.41, 5.74) is 2.85. The first-order valence-corrected chi connectivity index (χ1v) is 8.52. The van der Waals surface area contributed by atoms with E-state index in [-0.39, 0.29) is 5.75 Å². The maximum atomic E-state index is 11.3. The highest BCUT2D eigenvalue weighted by atomic mass is 32.2. The van der Waals surface area contributed by atoms with E-state index in [9.17, 15) is 8.42 Å². The summed E-state index contributed by atoms with van der Waals surface area (Å²) in [7, 11) is -3.04. The quantitative estimate of drug-likeness (QED) is 0.802. The Bertz CT molecular complexity index is 514. The van der Waals surface area contributed by atoms with Crippen molar-refractivity contribution in [2.45, 2.75) is 26.3 Å². The SMILES string of the molecule is CCS(=O)(=O)NCCCN1CCc2ccccc2C1. The van der Waals surface area contributed by atoms with Gasteiger partial charge in [-0.1, -0.05) is 24.3 Å². The number of nitrogens with zero attached hydrogens (tertiary/aromatic N) is 1. The molecule has 4 nitrogen and oxygen atoms in total. The summed E-state index contributed by atoms with van der Waals surface area (Å²) < 4.78 is 25.2. The molecule has 1 aromatic carbocycles. The second-order valence-corrected chi connectivity index (χ2v) is 7.04. The van der Waals surface area contributed by atoms with Crippen molar-refractivity contribution in [3.63, 3.8) is 0 Å². The zero-order valence-corrected chi connectivity index (χ0v) is 12.2. The molecule has 1 aliphatic rings. The Labute approximate surface area is 115 Å². The highest BCUT2D eigenvalue weighted by Gasteiger charge is 2.15. The molecular formula is C14H22N2O2S. The molecule has 0 radical (unpaired) electrons. The number of benzene rings is 1. The first kappa shape index (κ1) is 14.5. The van der Waals surface area contributed by atoms with E-state index in [4.69, 9.17) is 0 Å². The molecule has 1 aliphatic heterocycles. The molecule has 0 fully saturated rings. The summed E-state index contributed by atoms with van der Waals surface area (Å²) in [4.78, 5) is 2.39. The van der Waals surface area contributed by atoms with Crippen molar-refractivity contribution in [3.05, 3.63) is 35.4 Å². The third kappa shape index (κ3) is 4.30. The minimum Gasteiger partial charge on any atom is -0.299 e. The van der Waals surface area contributed by atoms with Crippen LogP contribution < -0.4 is 4.72 Å². The molecule has 0 aliphatic carbocycles. The van der Waals surface area contributed by atoms with Crippen molar-refractivity contribution in [2.75, 3.05) is 25.4 Å². The van der Waals surface area contributed by atoms with Crippen molar-refractivity contribution < 1.29 is 8.42 Å². The van der Waals surface area contributed by atoms with Gasteiger partial charge in [-0.25, -0.2) is 13.1 Å². The standard InChI is InChI=1S/C14H22N2O2S/c1-2-19(17,18)15-9-5-10-16-11-8-13-6-3-4-7-14(13)12-16/h3-4,6-7,15H,2,5,8-12H2,1H3. The van der Waals surface area contributed by atoms with Gasteiger partial charge in [-0.3, -0.25) is 4.90 Å². The minimum atomic E-state index is -3.04. The van der Waals surface area contributed by atoms with Crippen LogP contribution >= 0.6 is 0 Å². The van der Waals surface area contributed by atoms with Gasteiger partial charge in [0.25, 0.3) is 0 Å². The smallest absolute Gasteiger partial charge is 0.211 e. The zero-order chi connectivity index (χ0) is 13.7. The molecule has 0 spiro atoms. The van der Waals surface area contributed by atoms with Crippen molar-refractivity contribution in [2.24, 2.45) is 0 Å². The maximum absolute atomic E-state index is 11.3. The van der Waals surface area contributed by atoms with Gasteiger partial charge in [-0.15, -0.1) is 0 Å². The average molecular weight is 282 g/mol. The number of fused-ring (bicyclic) bond motifs is 1. The molecule has 0 atom stereocenters. The Morgan fingerprint density at radius 2 is 2.00 bits per heavy atom. The number of rotatable bonds is 6. The molecule has 0 saturated heterocycles. The van der Waals surface area contributed by atoms with Crippen LogP contribution in [-0.4, -0.2) is 38.7 Å². The highest BCUT2D eigenvalue weighted by Crippen LogP contribution is 2.18. The summed E-state index contributed by atoms with van der Waals surface area (Å²) in [5, 5.41) is 0. The van der Waals surface area contributed by atoms with Crippen molar-refractivity contribution in [3.8, 4) is 0 Å². The fourth-order valence-electron chi connectivity index (χ4n) is 2.38. The Morgan fingerprint density at radius 3 is 2.74 bits per heavy atom. The molecule has 2 rings (SSSR count). The molecule has 0 bridgehead atoms. The maximum Gasteiger partial charge on any atom is 0.211 e. The molecule has 0 saturated carbocycles. The monoisotopic (exact) mass is 282 g/mol. The lowest BCUT2D eigenvalue weighted by Gasteiger charge is -2.28. The van der Waals surface area contributed by atoms with E-state index >= 15 is 0 Å². The van der Waals surface area contributed by atoms with E-state index in [1.54, 1.807) is 6.92 Å². The number of hydrogen-bond acceptors (Lipinski definition) is 3. The largest absolute Gasteiger partial charge is 0.299 e. The topological polar surface area (TPSA) is 49.4 Å². The van der Waals surface area contributed by atoms with Gasteiger partial charge in [0.15, 0.2) is 0 Å². The molecule has 106 valence electrons. The molecule has 1 N–H and O–H groups in total. The molecule has 1 heterocycles. The van der Waals surface area contributed by atoms with Crippen LogP contribution in [0.25, 0.3) is 0 Å². The van der Waals surface area contributed by atoms with Crippen LogP contribution in [0.1, 0.15) is 24.5 Å². The van der Waals surface area contributed by atoms with Crippen molar-refractivity contribution >= 4 is 10.0 Å². The van der Waals surface area contributed by atoms with E-state index in [2.05, 4.69) is 33.9 Å². The van der Waals surface area contributed by atoms with E-state index in [1.165, 1.54) is 11.1 Å². The normalized spacial score (nSPS) is 16.3. The molecule has 1 aromatic rings. The van der Waals surface area contributed by atoms with Gasteiger partial charge in [-0.2, -0.15) is 0 Å². The fraction of sp³-hybridized carbons (Fsp3) is 0.571. The molecule has 0 aromatic heterocycles. The van der Waals surface area contributed by atoms with Gasteiger partial charge in [0.2, 0.25) is 10.0 Å². The van der Waals surface area contributed by atoms with Crippen LogP contribution in [0.3, 0.4) is 0 Å². The molecule has 0 amide bonds. The lowest BCUT2D eigenvalue weighted by molar-refractivity contribution is 0.251. The third-order valence-corrected chi connectivity index (χ3v) is 4.97. The Kier molecular flexibility index (Phi) is 4.96. The second-order valence-electron chi connectivity index (χ2n) is 4.95. The molecular weight excluding hydrogens is 260 g/mol. The van der Waals surface area contributed by atoms with Crippen LogP contribution in [0.5, 0.6) is 0 Å². The van der Waals surface area contributed by atoms with Gasteiger partial charge in [0, 0.05) is 19.6 Å². The van der Waals surface area contributed by atoms with E-state index in [0.29, 0.717) is 6.54 Å². The number of sulfonamides is 1. The van der Waals surface area contributed by atoms with Crippen LogP contribution in [-0.2, 0) is 23.0 Å². The average Bonchev–Trinajstić information content (AvgIpc) is 2.43. The van der Waals surface area contributed by atoms with E-state index in [1.807, 2.05) is 0 Å². The summed E-state index contributed by atoms with van der Waals surface area (Å²) in [6.45, 7) is 5.19. The van der Waals surface area contributed by atoms with Gasteiger partial charge in [0.05, 0.1) is 5.75 Å². The summed E-state index contributed by atoms with van der Waals surface area (Å²) in [6, 6.07) is 8.55. The van der Waals surface area contributed by atoms with Crippen molar-refractivity contribution in [1.29, 1.82) is 0 Å². The zero-order valence-electron chi connectivity index (χ0n) is 11.4. The van der Waals surface area contributed by atoms with Gasteiger partial charge in [-0.05, 0) is 37.4 Å². The number of hydrogen-bond donors (Lipinski definition) is 1. The van der Waals surface area contributed by atoms with Crippen LogP contribution in [0, 0.1) is 0 Å².